The van der Waals surface area contributed by atoms with E-state index in [2.05, 4.69) is 32.3 Å². The largest absolute Gasteiger partial charge is 0.494 e. The fourth-order valence-corrected chi connectivity index (χ4v) is 2.45. The van der Waals surface area contributed by atoms with Gasteiger partial charge < -0.3 is 15.0 Å². The Bertz CT molecular complexity index is 630. The first-order valence-electron chi connectivity index (χ1n) is 6.92. The van der Waals surface area contributed by atoms with Crippen LogP contribution >= 0.6 is 0 Å². The summed E-state index contributed by atoms with van der Waals surface area (Å²) >= 11 is 0. The van der Waals surface area contributed by atoms with Crippen molar-refractivity contribution in [2.75, 3.05) is 31.6 Å². The van der Waals surface area contributed by atoms with Crippen molar-refractivity contribution in [1.29, 1.82) is 0 Å². The zero-order valence-electron chi connectivity index (χ0n) is 12.1. The molecular weight excluding hydrogens is 273 g/mol. The molecule has 1 aliphatic heterocycles. The number of aromatic nitrogens is 3. The standard InChI is InChI=1S/C14H18FN5O/c1-9-8-20(6-5-16-9)14-17-13(18-19-14)10-3-4-12(21-2)11(15)7-10/h3-4,7,9,16H,5-6,8H2,1-2H3,(H,17,18,19). The topological polar surface area (TPSA) is 66.1 Å². The molecule has 0 saturated carbocycles. The Hall–Kier alpha value is -2.15. The van der Waals surface area contributed by atoms with Gasteiger partial charge in [-0.15, -0.1) is 5.10 Å². The van der Waals surface area contributed by atoms with Crippen LogP contribution in [-0.2, 0) is 0 Å². The lowest BCUT2D eigenvalue weighted by Gasteiger charge is -2.30. The van der Waals surface area contributed by atoms with E-state index < -0.39 is 5.82 Å². The molecule has 1 atom stereocenters. The van der Waals surface area contributed by atoms with Crippen LogP contribution in [0.2, 0.25) is 0 Å². The molecule has 0 bridgehead atoms. The van der Waals surface area contributed by atoms with Crippen LogP contribution in [0.5, 0.6) is 5.75 Å². The van der Waals surface area contributed by atoms with Crippen LogP contribution < -0.4 is 15.0 Å². The Labute approximate surface area is 122 Å². The second-order valence-corrected chi connectivity index (χ2v) is 5.13. The minimum Gasteiger partial charge on any atom is -0.494 e. The van der Waals surface area contributed by atoms with Gasteiger partial charge in [0.1, 0.15) is 0 Å². The van der Waals surface area contributed by atoms with Gasteiger partial charge in [0.25, 0.3) is 0 Å². The zero-order chi connectivity index (χ0) is 14.8. The molecule has 21 heavy (non-hydrogen) atoms. The number of halogens is 1. The van der Waals surface area contributed by atoms with Crippen LogP contribution in [0.1, 0.15) is 6.92 Å². The summed E-state index contributed by atoms with van der Waals surface area (Å²) in [7, 11) is 1.44. The summed E-state index contributed by atoms with van der Waals surface area (Å²) in [6.45, 7) is 4.74. The molecule has 0 amide bonds. The number of ether oxygens (including phenoxy) is 1. The van der Waals surface area contributed by atoms with Crippen LogP contribution in [0.3, 0.4) is 0 Å². The van der Waals surface area contributed by atoms with Crippen molar-refractivity contribution in [3.63, 3.8) is 0 Å². The molecule has 0 aliphatic carbocycles. The molecule has 1 aliphatic rings. The smallest absolute Gasteiger partial charge is 0.245 e. The molecule has 1 aromatic carbocycles. The number of piperazine rings is 1. The maximum Gasteiger partial charge on any atom is 0.245 e. The Kier molecular flexibility index (Phi) is 3.74. The highest BCUT2D eigenvalue weighted by Gasteiger charge is 2.19. The number of rotatable bonds is 3. The monoisotopic (exact) mass is 291 g/mol. The Morgan fingerprint density at radius 1 is 1.43 bits per heavy atom. The van der Waals surface area contributed by atoms with Crippen molar-refractivity contribution in [3.8, 4) is 17.1 Å². The maximum absolute atomic E-state index is 13.7. The summed E-state index contributed by atoms with van der Waals surface area (Å²) in [4.78, 5) is 6.57. The number of aromatic amines is 1. The van der Waals surface area contributed by atoms with Crippen molar-refractivity contribution in [2.45, 2.75) is 13.0 Å². The molecule has 0 radical (unpaired) electrons. The Morgan fingerprint density at radius 3 is 3.00 bits per heavy atom. The predicted octanol–water partition coefficient (Wildman–Crippen LogP) is 1.42. The molecule has 1 fully saturated rings. The minimum absolute atomic E-state index is 0.217. The van der Waals surface area contributed by atoms with Gasteiger partial charge in [-0.3, -0.25) is 5.10 Å². The normalized spacial score (nSPS) is 18.8. The predicted molar refractivity (Wildman–Crippen MR) is 78.0 cm³/mol. The van der Waals surface area contributed by atoms with Crippen molar-refractivity contribution in [2.24, 2.45) is 0 Å². The van der Waals surface area contributed by atoms with Gasteiger partial charge >= 0.3 is 0 Å². The number of nitrogens with zero attached hydrogens (tertiary/aromatic N) is 3. The fraction of sp³-hybridized carbons (Fsp3) is 0.429. The van der Waals surface area contributed by atoms with Gasteiger partial charge in [0.2, 0.25) is 5.95 Å². The molecule has 1 unspecified atom stereocenters. The van der Waals surface area contributed by atoms with Gasteiger partial charge in [0.15, 0.2) is 17.4 Å². The van der Waals surface area contributed by atoms with E-state index in [0.29, 0.717) is 23.4 Å². The average Bonchev–Trinajstić information content (AvgIpc) is 2.97. The minimum atomic E-state index is -0.413. The highest BCUT2D eigenvalue weighted by molar-refractivity contribution is 5.58. The van der Waals surface area contributed by atoms with Crippen molar-refractivity contribution in [3.05, 3.63) is 24.0 Å². The lowest BCUT2D eigenvalue weighted by atomic mass is 10.2. The van der Waals surface area contributed by atoms with Crippen LogP contribution in [0.4, 0.5) is 10.3 Å². The molecule has 112 valence electrons. The number of nitrogens with one attached hydrogen (secondary N) is 2. The highest BCUT2D eigenvalue weighted by Crippen LogP contribution is 2.24. The molecular formula is C14H18FN5O. The molecule has 1 aromatic heterocycles. The van der Waals surface area contributed by atoms with Crippen LogP contribution in [0, 0.1) is 5.82 Å². The molecule has 7 heteroatoms. The lowest BCUT2D eigenvalue weighted by Crippen LogP contribution is -2.49. The summed E-state index contributed by atoms with van der Waals surface area (Å²) < 4.78 is 18.7. The van der Waals surface area contributed by atoms with Gasteiger partial charge in [-0.1, -0.05) is 0 Å². The van der Waals surface area contributed by atoms with E-state index in [1.54, 1.807) is 12.1 Å². The zero-order valence-corrected chi connectivity index (χ0v) is 12.1. The summed E-state index contributed by atoms with van der Waals surface area (Å²) in [5, 5.41) is 10.5. The third-order valence-corrected chi connectivity index (χ3v) is 3.55. The van der Waals surface area contributed by atoms with E-state index in [0.717, 1.165) is 19.6 Å². The SMILES string of the molecule is COc1ccc(-c2nc(N3CCNC(C)C3)n[nH]2)cc1F. The van der Waals surface area contributed by atoms with Crippen molar-refractivity contribution >= 4 is 5.95 Å². The fourth-order valence-electron chi connectivity index (χ4n) is 2.45. The number of anilines is 1. The summed E-state index contributed by atoms with van der Waals surface area (Å²) in [6.07, 6.45) is 0. The number of methoxy groups -OCH3 is 1. The van der Waals surface area contributed by atoms with E-state index in [-0.39, 0.29) is 5.75 Å². The van der Waals surface area contributed by atoms with E-state index in [4.69, 9.17) is 4.74 Å². The van der Waals surface area contributed by atoms with Crippen LogP contribution in [0.25, 0.3) is 11.4 Å². The first kappa shape index (κ1) is 13.8. The Balaban J connectivity index is 1.82. The van der Waals surface area contributed by atoms with Gasteiger partial charge in [0.05, 0.1) is 7.11 Å². The van der Waals surface area contributed by atoms with Crippen molar-refractivity contribution < 1.29 is 9.13 Å². The molecule has 2 heterocycles. The molecule has 6 nitrogen and oxygen atoms in total. The number of hydrogen-bond donors (Lipinski definition) is 2. The van der Waals surface area contributed by atoms with E-state index in [9.17, 15) is 4.39 Å². The quantitative estimate of drug-likeness (QED) is 0.895. The van der Waals surface area contributed by atoms with Crippen LogP contribution in [-0.4, -0.2) is 48.0 Å². The molecule has 2 aromatic rings. The number of benzene rings is 1. The van der Waals surface area contributed by atoms with E-state index >= 15 is 0 Å². The second-order valence-electron chi connectivity index (χ2n) is 5.13. The first-order chi connectivity index (χ1) is 10.2. The number of H-pyrrole nitrogens is 1. The highest BCUT2D eigenvalue weighted by atomic mass is 19.1. The third-order valence-electron chi connectivity index (χ3n) is 3.55. The first-order valence-corrected chi connectivity index (χ1v) is 6.92. The van der Waals surface area contributed by atoms with E-state index in [1.165, 1.54) is 13.2 Å². The molecule has 2 N–H and O–H groups in total. The van der Waals surface area contributed by atoms with Gasteiger partial charge in [-0.25, -0.2) is 4.39 Å². The number of hydrogen-bond acceptors (Lipinski definition) is 5. The van der Waals surface area contributed by atoms with Crippen LogP contribution in [0.15, 0.2) is 18.2 Å². The van der Waals surface area contributed by atoms with E-state index in [1.807, 2.05) is 0 Å². The lowest BCUT2D eigenvalue weighted by molar-refractivity contribution is 0.386. The van der Waals surface area contributed by atoms with Gasteiger partial charge in [0, 0.05) is 31.2 Å². The van der Waals surface area contributed by atoms with Gasteiger partial charge in [-0.05, 0) is 25.1 Å². The summed E-state index contributed by atoms with van der Waals surface area (Å²) in [5.74, 6) is 1.01. The third kappa shape index (κ3) is 2.82. The molecule has 0 spiro atoms. The average molecular weight is 291 g/mol. The second kappa shape index (κ2) is 5.69. The summed E-state index contributed by atoms with van der Waals surface area (Å²) in [5.41, 5.74) is 0.648. The summed E-state index contributed by atoms with van der Waals surface area (Å²) in [6, 6.07) is 5.13. The molecule has 1 saturated heterocycles. The van der Waals surface area contributed by atoms with Gasteiger partial charge in [-0.2, -0.15) is 4.98 Å². The van der Waals surface area contributed by atoms with Crippen molar-refractivity contribution in [1.82, 2.24) is 20.5 Å². The maximum atomic E-state index is 13.7. The molecule has 3 rings (SSSR count). The Morgan fingerprint density at radius 2 is 2.29 bits per heavy atom.